The van der Waals surface area contributed by atoms with Crippen LogP contribution in [-0.2, 0) is 4.79 Å². The Morgan fingerprint density at radius 3 is 2.53 bits per heavy atom. The average molecular weight is 425 g/mol. The third-order valence-corrected chi connectivity index (χ3v) is 6.42. The van der Waals surface area contributed by atoms with Gasteiger partial charge in [-0.3, -0.25) is 9.69 Å². The Kier molecular flexibility index (Phi) is 6.23. The molecule has 0 bridgehead atoms. The molecule has 2 aromatic rings. The van der Waals surface area contributed by atoms with Crippen LogP contribution in [0.4, 0.5) is 0 Å². The molecule has 2 aliphatic heterocycles. The standard InChI is InChI=1S/C24H29ClN4O/c1-17-8-9-19(18(2)14-17)22-15-23(20-6-4-5-7-21(20)25)29(26-22)24(30)16-28-12-10-27(3)11-13-28/h4-9,14,23H,10-13,15-16H2,1-3H3/t23-/m0/s1. The van der Waals surface area contributed by atoms with Gasteiger partial charge in [-0.05, 0) is 38.1 Å². The Morgan fingerprint density at radius 1 is 1.10 bits per heavy atom. The molecule has 1 atom stereocenters. The van der Waals surface area contributed by atoms with Crippen LogP contribution < -0.4 is 0 Å². The van der Waals surface area contributed by atoms with Gasteiger partial charge in [-0.1, -0.05) is 53.6 Å². The van der Waals surface area contributed by atoms with Crippen molar-refractivity contribution in [2.24, 2.45) is 5.10 Å². The predicted molar refractivity (Wildman–Crippen MR) is 122 cm³/mol. The highest BCUT2D eigenvalue weighted by atomic mass is 35.5. The lowest BCUT2D eigenvalue weighted by Crippen LogP contribution is -2.48. The van der Waals surface area contributed by atoms with Crippen molar-refractivity contribution in [2.75, 3.05) is 39.8 Å². The summed E-state index contributed by atoms with van der Waals surface area (Å²) >= 11 is 6.52. The van der Waals surface area contributed by atoms with E-state index in [9.17, 15) is 4.79 Å². The smallest absolute Gasteiger partial charge is 0.257 e. The molecule has 0 aromatic heterocycles. The summed E-state index contributed by atoms with van der Waals surface area (Å²) in [5, 5.41) is 7.19. The quantitative estimate of drug-likeness (QED) is 0.747. The number of benzene rings is 2. The molecule has 4 rings (SSSR count). The van der Waals surface area contributed by atoms with Crippen LogP contribution in [0, 0.1) is 13.8 Å². The molecule has 2 aromatic carbocycles. The number of rotatable bonds is 4. The van der Waals surface area contributed by atoms with E-state index in [1.807, 2.05) is 24.3 Å². The van der Waals surface area contributed by atoms with Crippen LogP contribution in [0.2, 0.25) is 5.02 Å². The first-order valence-corrected chi connectivity index (χ1v) is 10.9. The summed E-state index contributed by atoms with van der Waals surface area (Å²) in [5.41, 5.74) is 5.41. The van der Waals surface area contributed by atoms with E-state index in [2.05, 4.69) is 48.9 Å². The summed E-state index contributed by atoms with van der Waals surface area (Å²) in [6.07, 6.45) is 0.669. The van der Waals surface area contributed by atoms with Crippen LogP contribution >= 0.6 is 11.6 Å². The summed E-state index contributed by atoms with van der Waals surface area (Å²) in [7, 11) is 2.12. The van der Waals surface area contributed by atoms with E-state index in [0.29, 0.717) is 18.0 Å². The molecule has 0 saturated carbocycles. The molecule has 6 heteroatoms. The highest BCUT2D eigenvalue weighted by molar-refractivity contribution is 6.31. The molecular formula is C24H29ClN4O. The van der Waals surface area contributed by atoms with Gasteiger partial charge in [0.25, 0.3) is 5.91 Å². The lowest BCUT2D eigenvalue weighted by molar-refractivity contribution is -0.134. The first-order chi connectivity index (χ1) is 14.4. The topological polar surface area (TPSA) is 39.2 Å². The van der Waals surface area contributed by atoms with Crippen LogP contribution in [0.5, 0.6) is 0 Å². The number of amides is 1. The summed E-state index contributed by atoms with van der Waals surface area (Å²) in [6.45, 7) is 8.35. The van der Waals surface area contributed by atoms with Gasteiger partial charge in [-0.2, -0.15) is 5.10 Å². The summed E-state index contributed by atoms with van der Waals surface area (Å²) in [4.78, 5) is 17.8. The van der Waals surface area contributed by atoms with Crippen LogP contribution in [0.3, 0.4) is 0 Å². The molecule has 30 heavy (non-hydrogen) atoms. The molecular weight excluding hydrogens is 396 g/mol. The van der Waals surface area contributed by atoms with Crippen molar-refractivity contribution in [3.8, 4) is 0 Å². The maximum absolute atomic E-state index is 13.3. The number of piperazine rings is 1. The second-order valence-corrected chi connectivity index (χ2v) is 8.83. The first-order valence-electron chi connectivity index (χ1n) is 10.5. The Bertz CT molecular complexity index is 965. The lowest BCUT2D eigenvalue weighted by atomic mass is 9.95. The highest BCUT2D eigenvalue weighted by Gasteiger charge is 2.35. The molecule has 0 radical (unpaired) electrons. The van der Waals surface area contributed by atoms with E-state index in [1.165, 1.54) is 11.1 Å². The largest absolute Gasteiger partial charge is 0.304 e. The number of likely N-dealkylation sites (N-methyl/N-ethyl adjacent to an activating group) is 1. The zero-order chi connectivity index (χ0) is 21.3. The molecule has 1 saturated heterocycles. The second kappa shape index (κ2) is 8.88. The van der Waals surface area contributed by atoms with E-state index in [4.69, 9.17) is 16.7 Å². The summed E-state index contributed by atoms with van der Waals surface area (Å²) in [6, 6.07) is 14.0. The van der Waals surface area contributed by atoms with E-state index in [1.54, 1.807) is 5.01 Å². The van der Waals surface area contributed by atoms with Crippen molar-refractivity contribution >= 4 is 23.2 Å². The summed E-state index contributed by atoms with van der Waals surface area (Å²) in [5.74, 6) is 0.0317. The molecule has 0 N–H and O–H groups in total. The number of nitrogens with zero attached hydrogens (tertiary/aromatic N) is 4. The number of aryl methyl sites for hydroxylation is 2. The fourth-order valence-electron chi connectivity index (χ4n) is 4.30. The Balaban J connectivity index is 1.62. The van der Waals surface area contributed by atoms with Crippen LogP contribution in [0.15, 0.2) is 47.6 Å². The molecule has 2 aliphatic rings. The molecule has 0 spiro atoms. The van der Waals surface area contributed by atoms with Crippen molar-refractivity contribution in [2.45, 2.75) is 26.3 Å². The van der Waals surface area contributed by atoms with E-state index in [-0.39, 0.29) is 11.9 Å². The van der Waals surface area contributed by atoms with Gasteiger partial charge < -0.3 is 4.90 Å². The van der Waals surface area contributed by atoms with E-state index >= 15 is 0 Å². The maximum Gasteiger partial charge on any atom is 0.257 e. The minimum Gasteiger partial charge on any atom is -0.304 e. The number of hydrazone groups is 1. The predicted octanol–water partition coefficient (Wildman–Crippen LogP) is 3.88. The SMILES string of the molecule is Cc1ccc(C2=NN(C(=O)CN3CCN(C)CC3)[C@H](c3ccccc3Cl)C2)c(C)c1. The molecule has 0 aliphatic carbocycles. The molecule has 5 nitrogen and oxygen atoms in total. The van der Waals surface area contributed by atoms with Gasteiger partial charge in [0, 0.05) is 43.2 Å². The Morgan fingerprint density at radius 2 is 1.83 bits per heavy atom. The number of carbonyl (C=O) groups is 1. The Hall–Kier alpha value is -2.21. The molecule has 2 heterocycles. The van der Waals surface area contributed by atoms with Gasteiger partial charge in [0.1, 0.15) is 0 Å². The van der Waals surface area contributed by atoms with Crippen molar-refractivity contribution in [1.82, 2.24) is 14.8 Å². The fourth-order valence-corrected chi connectivity index (χ4v) is 4.56. The minimum absolute atomic E-state index is 0.0317. The monoisotopic (exact) mass is 424 g/mol. The first kappa shape index (κ1) is 21.0. The maximum atomic E-state index is 13.3. The number of hydrogen-bond acceptors (Lipinski definition) is 4. The molecule has 0 unspecified atom stereocenters. The molecule has 158 valence electrons. The summed E-state index contributed by atoms with van der Waals surface area (Å²) < 4.78 is 0. The van der Waals surface area contributed by atoms with Gasteiger partial charge in [0.2, 0.25) is 0 Å². The third-order valence-electron chi connectivity index (χ3n) is 6.08. The zero-order valence-electron chi connectivity index (χ0n) is 17.9. The van der Waals surface area contributed by atoms with Gasteiger partial charge >= 0.3 is 0 Å². The zero-order valence-corrected chi connectivity index (χ0v) is 18.7. The van der Waals surface area contributed by atoms with Crippen molar-refractivity contribution in [3.05, 3.63) is 69.7 Å². The van der Waals surface area contributed by atoms with Crippen molar-refractivity contribution in [1.29, 1.82) is 0 Å². The van der Waals surface area contributed by atoms with Crippen molar-refractivity contribution < 1.29 is 4.79 Å². The van der Waals surface area contributed by atoms with E-state index < -0.39 is 0 Å². The minimum atomic E-state index is -0.172. The molecule has 1 amide bonds. The lowest BCUT2D eigenvalue weighted by Gasteiger charge is -2.33. The van der Waals surface area contributed by atoms with Crippen molar-refractivity contribution in [3.63, 3.8) is 0 Å². The number of hydrogen-bond donors (Lipinski definition) is 0. The van der Waals surface area contributed by atoms with Gasteiger partial charge in [0.05, 0.1) is 18.3 Å². The highest BCUT2D eigenvalue weighted by Crippen LogP contribution is 2.36. The fraction of sp³-hybridized carbons (Fsp3) is 0.417. The van der Waals surface area contributed by atoms with Crippen LogP contribution in [0.1, 0.15) is 34.7 Å². The van der Waals surface area contributed by atoms with Gasteiger partial charge in [-0.15, -0.1) is 0 Å². The second-order valence-electron chi connectivity index (χ2n) is 8.42. The number of halogens is 1. The average Bonchev–Trinajstić information content (AvgIpc) is 3.15. The number of carbonyl (C=O) groups excluding carboxylic acids is 1. The van der Waals surface area contributed by atoms with Crippen LogP contribution in [-0.4, -0.2) is 66.2 Å². The van der Waals surface area contributed by atoms with Gasteiger partial charge in [-0.25, -0.2) is 5.01 Å². The van der Waals surface area contributed by atoms with Crippen LogP contribution in [0.25, 0.3) is 0 Å². The van der Waals surface area contributed by atoms with E-state index in [0.717, 1.165) is 43.0 Å². The Labute approximate surface area is 183 Å². The van der Waals surface area contributed by atoms with Gasteiger partial charge in [0.15, 0.2) is 0 Å². The third kappa shape index (κ3) is 4.43. The normalized spacial score (nSPS) is 20.5. The molecule has 1 fully saturated rings.